The molecule has 1 aromatic carbocycles. The maximum absolute atomic E-state index is 12.8. The van der Waals surface area contributed by atoms with Crippen LogP contribution in [-0.4, -0.2) is 34.9 Å². The van der Waals surface area contributed by atoms with Gasteiger partial charge in [0.1, 0.15) is 5.75 Å². The van der Waals surface area contributed by atoms with Crippen molar-refractivity contribution in [2.24, 2.45) is 23.7 Å². The van der Waals surface area contributed by atoms with Gasteiger partial charge in [0.05, 0.1) is 0 Å². The van der Waals surface area contributed by atoms with E-state index in [1.54, 1.807) is 24.3 Å². The minimum Gasteiger partial charge on any atom is -0.508 e. The van der Waals surface area contributed by atoms with Crippen LogP contribution in [0.4, 0.5) is 5.69 Å². The zero-order valence-electron chi connectivity index (χ0n) is 14.5. The van der Waals surface area contributed by atoms with E-state index in [0.29, 0.717) is 30.6 Å². The van der Waals surface area contributed by atoms with Gasteiger partial charge in [-0.25, -0.2) is 0 Å². The molecular weight excluding hydrogens is 316 g/mol. The molecular formula is C20H26N2O3. The molecule has 0 spiro atoms. The van der Waals surface area contributed by atoms with E-state index < -0.39 is 0 Å². The van der Waals surface area contributed by atoms with Crippen molar-refractivity contribution in [1.82, 2.24) is 4.90 Å². The third kappa shape index (κ3) is 3.37. The van der Waals surface area contributed by atoms with Crippen LogP contribution in [-0.2, 0) is 9.59 Å². The molecule has 1 heterocycles. The SMILES string of the molecule is O=C(Nc1ccc(O)cc1)C1CCN(C(=O)[C@H]2C[C@H]3CC[C@H]2C3)CC1. The smallest absolute Gasteiger partial charge is 0.227 e. The molecule has 25 heavy (non-hydrogen) atoms. The number of aromatic hydroxyl groups is 1. The highest BCUT2D eigenvalue weighted by molar-refractivity contribution is 5.92. The molecule has 4 rings (SSSR count). The summed E-state index contributed by atoms with van der Waals surface area (Å²) in [6.45, 7) is 1.39. The summed E-state index contributed by atoms with van der Waals surface area (Å²) in [4.78, 5) is 27.2. The van der Waals surface area contributed by atoms with Crippen molar-refractivity contribution in [2.45, 2.75) is 38.5 Å². The largest absolute Gasteiger partial charge is 0.508 e. The minimum absolute atomic E-state index is 0.0118. The second-order valence-corrected chi connectivity index (χ2v) is 7.92. The molecule has 0 radical (unpaired) electrons. The first-order valence-corrected chi connectivity index (χ1v) is 9.49. The van der Waals surface area contributed by atoms with Crippen molar-refractivity contribution in [3.05, 3.63) is 24.3 Å². The van der Waals surface area contributed by atoms with E-state index in [4.69, 9.17) is 0 Å². The van der Waals surface area contributed by atoms with Crippen LogP contribution in [0.3, 0.4) is 0 Å². The molecule has 2 aliphatic carbocycles. The van der Waals surface area contributed by atoms with Crippen LogP contribution in [0.15, 0.2) is 24.3 Å². The van der Waals surface area contributed by atoms with Gasteiger partial charge >= 0.3 is 0 Å². The fourth-order valence-corrected chi connectivity index (χ4v) is 4.93. The number of hydrogen-bond donors (Lipinski definition) is 2. The molecule has 1 aromatic rings. The Balaban J connectivity index is 1.28. The van der Waals surface area contributed by atoms with Gasteiger partial charge in [0.2, 0.25) is 11.8 Å². The lowest BCUT2D eigenvalue weighted by atomic mass is 9.86. The lowest BCUT2D eigenvalue weighted by Crippen LogP contribution is -2.44. The molecule has 5 heteroatoms. The zero-order valence-corrected chi connectivity index (χ0v) is 14.5. The summed E-state index contributed by atoms with van der Waals surface area (Å²) in [6, 6.07) is 6.51. The fourth-order valence-electron chi connectivity index (χ4n) is 4.93. The number of benzene rings is 1. The quantitative estimate of drug-likeness (QED) is 0.830. The Morgan fingerprint density at radius 3 is 2.32 bits per heavy atom. The Morgan fingerprint density at radius 2 is 1.72 bits per heavy atom. The van der Waals surface area contributed by atoms with E-state index in [1.807, 2.05) is 4.90 Å². The summed E-state index contributed by atoms with van der Waals surface area (Å²) in [5.74, 6) is 2.15. The number of fused-ring (bicyclic) bond motifs is 2. The zero-order chi connectivity index (χ0) is 17.4. The van der Waals surface area contributed by atoms with Crippen molar-refractivity contribution >= 4 is 17.5 Å². The van der Waals surface area contributed by atoms with Gasteiger partial charge in [-0.05, 0) is 68.2 Å². The van der Waals surface area contributed by atoms with E-state index in [0.717, 1.165) is 25.2 Å². The number of rotatable bonds is 3. The standard InChI is InChI=1S/C20H26N2O3/c23-17-5-3-16(4-6-17)21-19(24)14-7-9-22(10-8-14)20(25)18-12-13-1-2-15(18)11-13/h3-6,13-15,18,23H,1-2,7-12H2,(H,21,24)/t13-,15-,18-/m0/s1. The molecule has 2 N–H and O–H groups in total. The van der Waals surface area contributed by atoms with Gasteiger partial charge < -0.3 is 15.3 Å². The Hall–Kier alpha value is -2.04. The number of phenols is 1. The Morgan fingerprint density at radius 1 is 1.00 bits per heavy atom. The lowest BCUT2D eigenvalue weighted by Gasteiger charge is -2.34. The molecule has 0 unspecified atom stereocenters. The highest BCUT2D eigenvalue weighted by atomic mass is 16.3. The normalized spacial score (nSPS) is 29.0. The van der Waals surface area contributed by atoms with Crippen molar-refractivity contribution in [3.63, 3.8) is 0 Å². The monoisotopic (exact) mass is 342 g/mol. The number of amides is 2. The first kappa shape index (κ1) is 16.4. The number of anilines is 1. The Bertz CT molecular complexity index is 649. The molecule has 2 amide bonds. The molecule has 3 fully saturated rings. The van der Waals surface area contributed by atoms with E-state index in [9.17, 15) is 14.7 Å². The summed E-state index contributed by atoms with van der Waals surface area (Å²) in [7, 11) is 0. The number of nitrogens with one attached hydrogen (secondary N) is 1. The molecule has 5 nitrogen and oxygen atoms in total. The molecule has 1 saturated heterocycles. The second kappa shape index (κ2) is 6.70. The number of nitrogens with zero attached hydrogens (tertiary/aromatic N) is 1. The van der Waals surface area contributed by atoms with Crippen molar-refractivity contribution in [3.8, 4) is 5.75 Å². The van der Waals surface area contributed by atoms with Gasteiger partial charge in [-0.1, -0.05) is 6.42 Å². The van der Waals surface area contributed by atoms with E-state index in [-0.39, 0.29) is 23.5 Å². The maximum atomic E-state index is 12.8. The molecule has 1 aliphatic heterocycles. The van der Waals surface area contributed by atoms with Crippen LogP contribution in [0.1, 0.15) is 38.5 Å². The summed E-state index contributed by atoms with van der Waals surface area (Å²) < 4.78 is 0. The van der Waals surface area contributed by atoms with Crippen molar-refractivity contribution in [1.29, 1.82) is 0 Å². The summed E-state index contributed by atoms with van der Waals surface area (Å²) in [6.07, 6.45) is 6.35. The maximum Gasteiger partial charge on any atom is 0.227 e. The third-order valence-electron chi connectivity index (χ3n) is 6.37. The topological polar surface area (TPSA) is 69.6 Å². The average Bonchev–Trinajstić information content (AvgIpc) is 3.26. The van der Waals surface area contributed by atoms with Crippen LogP contribution < -0.4 is 5.32 Å². The van der Waals surface area contributed by atoms with Gasteiger partial charge in [-0.15, -0.1) is 0 Å². The molecule has 2 bridgehead atoms. The molecule has 134 valence electrons. The van der Waals surface area contributed by atoms with Crippen LogP contribution in [0.25, 0.3) is 0 Å². The molecule has 0 aromatic heterocycles. The summed E-state index contributed by atoms with van der Waals surface area (Å²) >= 11 is 0. The predicted molar refractivity (Wildman–Crippen MR) is 95.0 cm³/mol. The lowest BCUT2D eigenvalue weighted by molar-refractivity contribution is -0.140. The van der Waals surface area contributed by atoms with Crippen molar-refractivity contribution in [2.75, 3.05) is 18.4 Å². The Labute approximate surface area is 148 Å². The number of phenolic OH excluding ortho intramolecular Hbond substituents is 1. The van der Waals surface area contributed by atoms with E-state index in [1.165, 1.54) is 19.3 Å². The molecule has 3 aliphatic rings. The summed E-state index contributed by atoms with van der Waals surface area (Å²) in [5.41, 5.74) is 0.697. The third-order valence-corrected chi connectivity index (χ3v) is 6.37. The van der Waals surface area contributed by atoms with E-state index >= 15 is 0 Å². The highest BCUT2D eigenvalue weighted by Gasteiger charge is 2.44. The van der Waals surface area contributed by atoms with Gasteiger partial charge in [0.25, 0.3) is 0 Å². The van der Waals surface area contributed by atoms with E-state index in [2.05, 4.69) is 5.32 Å². The Kier molecular flexibility index (Phi) is 4.40. The first-order chi connectivity index (χ1) is 12.1. The van der Waals surface area contributed by atoms with Crippen LogP contribution >= 0.6 is 0 Å². The number of hydrogen-bond acceptors (Lipinski definition) is 3. The van der Waals surface area contributed by atoms with Crippen LogP contribution in [0, 0.1) is 23.7 Å². The fraction of sp³-hybridized carbons (Fsp3) is 0.600. The summed E-state index contributed by atoms with van der Waals surface area (Å²) in [5, 5.41) is 12.2. The molecule has 2 saturated carbocycles. The number of likely N-dealkylation sites (tertiary alicyclic amines) is 1. The minimum atomic E-state index is -0.0436. The van der Waals surface area contributed by atoms with Crippen molar-refractivity contribution < 1.29 is 14.7 Å². The average molecular weight is 342 g/mol. The first-order valence-electron chi connectivity index (χ1n) is 9.49. The van der Waals surface area contributed by atoms with Gasteiger partial charge in [0, 0.05) is 30.6 Å². The molecule has 3 atom stereocenters. The number of carbonyl (C=O) groups excluding carboxylic acids is 2. The van der Waals surface area contributed by atoms with Crippen LogP contribution in [0.2, 0.25) is 0 Å². The van der Waals surface area contributed by atoms with Gasteiger partial charge in [-0.3, -0.25) is 9.59 Å². The van der Waals surface area contributed by atoms with Gasteiger partial charge in [-0.2, -0.15) is 0 Å². The number of carbonyl (C=O) groups is 2. The van der Waals surface area contributed by atoms with Gasteiger partial charge in [0.15, 0.2) is 0 Å². The van der Waals surface area contributed by atoms with Crippen LogP contribution in [0.5, 0.6) is 5.75 Å². The predicted octanol–water partition coefficient (Wildman–Crippen LogP) is 3.01. The number of piperidine rings is 1. The second-order valence-electron chi connectivity index (χ2n) is 7.92. The highest BCUT2D eigenvalue weighted by Crippen LogP contribution is 2.49.